The Kier molecular flexibility index (Phi) is 4.04. The van der Waals surface area contributed by atoms with E-state index in [2.05, 4.69) is 10.3 Å². The second kappa shape index (κ2) is 5.56. The van der Waals surface area contributed by atoms with Gasteiger partial charge in [-0.15, -0.1) is 11.3 Å². The Bertz CT molecular complexity index is 488. The molecule has 0 spiro atoms. The van der Waals surface area contributed by atoms with E-state index in [9.17, 15) is 14.7 Å². The fourth-order valence-corrected chi connectivity index (χ4v) is 2.87. The van der Waals surface area contributed by atoms with Crippen LogP contribution in [0.3, 0.4) is 0 Å². The number of likely N-dealkylation sites (tertiary alicyclic amines) is 1. The zero-order valence-corrected chi connectivity index (χ0v) is 11.7. The van der Waals surface area contributed by atoms with Gasteiger partial charge in [-0.25, -0.2) is 14.6 Å². The lowest BCUT2D eigenvalue weighted by Gasteiger charge is -2.35. The summed E-state index contributed by atoms with van der Waals surface area (Å²) in [5.41, 5.74) is 0.836. The van der Waals surface area contributed by atoms with E-state index in [0.29, 0.717) is 24.0 Å². The lowest BCUT2D eigenvalue weighted by Crippen LogP contribution is -2.51. The molecule has 2 atom stereocenters. The molecule has 1 saturated heterocycles. The molecule has 104 valence electrons. The number of aliphatic carboxylic acids is 1. The van der Waals surface area contributed by atoms with Gasteiger partial charge in [0, 0.05) is 11.9 Å². The Balaban J connectivity index is 2.06. The number of urea groups is 1. The van der Waals surface area contributed by atoms with Crippen LogP contribution in [0, 0.1) is 12.8 Å². The average Bonchev–Trinajstić information content (AvgIpc) is 2.74. The first kappa shape index (κ1) is 13.8. The Hall–Kier alpha value is -1.63. The highest BCUT2D eigenvalue weighted by Crippen LogP contribution is 2.24. The van der Waals surface area contributed by atoms with Crippen LogP contribution >= 0.6 is 11.3 Å². The maximum atomic E-state index is 12.1. The molecule has 0 aromatic carbocycles. The van der Waals surface area contributed by atoms with E-state index in [1.54, 1.807) is 0 Å². The Morgan fingerprint density at radius 3 is 2.89 bits per heavy atom. The normalized spacial score (nSPS) is 23.2. The highest BCUT2D eigenvalue weighted by molar-refractivity contribution is 7.13. The van der Waals surface area contributed by atoms with E-state index in [1.165, 1.54) is 16.2 Å². The molecule has 2 rings (SSSR count). The monoisotopic (exact) mass is 283 g/mol. The van der Waals surface area contributed by atoms with Crippen LogP contribution in [0.2, 0.25) is 0 Å². The second-order valence-corrected chi connectivity index (χ2v) is 5.76. The molecule has 0 bridgehead atoms. The molecule has 1 aliphatic rings. The van der Waals surface area contributed by atoms with Crippen molar-refractivity contribution in [3.8, 4) is 0 Å². The third kappa shape index (κ3) is 3.23. The zero-order valence-electron chi connectivity index (χ0n) is 10.9. The summed E-state index contributed by atoms with van der Waals surface area (Å²) in [7, 11) is 0. The number of rotatable bonds is 2. The third-order valence-corrected chi connectivity index (χ3v) is 4.12. The van der Waals surface area contributed by atoms with Crippen molar-refractivity contribution in [3.63, 3.8) is 0 Å². The molecule has 1 aromatic heterocycles. The quantitative estimate of drug-likeness (QED) is 0.871. The number of amides is 2. The van der Waals surface area contributed by atoms with Gasteiger partial charge in [0.05, 0.1) is 5.69 Å². The van der Waals surface area contributed by atoms with Crippen LogP contribution in [0.5, 0.6) is 0 Å². The summed E-state index contributed by atoms with van der Waals surface area (Å²) < 4.78 is 0. The summed E-state index contributed by atoms with van der Waals surface area (Å²) in [6.45, 7) is 4.32. The molecule has 0 radical (unpaired) electrons. The number of aromatic nitrogens is 1. The predicted molar refractivity (Wildman–Crippen MR) is 72.4 cm³/mol. The Morgan fingerprint density at radius 1 is 1.58 bits per heavy atom. The number of hydrogen-bond acceptors (Lipinski definition) is 4. The zero-order chi connectivity index (χ0) is 14.0. The van der Waals surface area contributed by atoms with Crippen LogP contribution in [-0.2, 0) is 4.79 Å². The molecule has 0 aliphatic carbocycles. The van der Waals surface area contributed by atoms with Gasteiger partial charge in [-0.3, -0.25) is 5.32 Å². The van der Waals surface area contributed by atoms with Gasteiger partial charge < -0.3 is 10.0 Å². The summed E-state index contributed by atoms with van der Waals surface area (Å²) in [6, 6.07) is -1.13. The van der Waals surface area contributed by atoms with Crippen LogP contribution in [0.1, 0.15) is 25.5 Å². The minimum atomic E-state index is -0.947. The topological polar surface area (TPSA) is 82.5 Å². The summed E-state index contributed by atoms with van der Waals surface area (Å²) in [5, 5.41) is 14.2. The maximum absolute atomic E-state index is 12.1. The van der Waals surface area contributed by atoms with Crippen molar-refractivity contribution in [2.75, 3.05) is 11.9 Å². The second-order valence-electron chi connectivity index (χ2n) is 4.90. The van der Waals surface area contributed by atoms with Crippen LogP contribution in [0.25, 0.3) is 0 Å². The highest BCUT2D eigenvalue weighted by atomic mass is 32.1. The molecule has 2 amide bonds. The number of carbonyl (C=O) groups is 2. The number of thiazole rings is 1. The third-order valence-electron chi connectivity index (χ3n) is 3.24. The standard InChI is InChI=1S/C12H17N3O3S/c1-7-3-4-15(9(5-7)10(16)17)12(18)14-11-13-8(2)6-19-11/h6-7,9H,3-5H2,1-2H3,(H,16,17)(H,13,14,18). The number of hydrogen-bond donors (Lipinski definition) is 2. The molecule has 1 fully saturated rings. The first-order valence-electron chi connectivity index (χ1n) is 6.20. The average molecular weight is 283 g/mol. The molecule has 6 nitrogen and oxygen atoms in total. The Labute approximate surface area is 115 Å². The largest absolute Gasteiger partial charge is 0.480 e. The van der Waals surface area contributed by atoms with Gasteiger partial charge in [-0.1, -0.05) is 6.92 Å². The van der Waals surface area contributed by atoms with Crippen molar-refractivity contribution in [3.05, 3.63) is 11.1 Å². The molecular weight excluding hydrogens is 266 g/mol. The van der Waals surface area contributed by atoms with E-state index in [-0.39, 0.29) is 6.03 Å². The van der Waals surface area contributed by atoms with E-state index >= 15 is 0 Å². The number of carboxylic acids is 1. The van der Waals surface area contributed by atoms with Gasteiger partial charge in [-0.2, -0.15) is 0 Å². The lowest BCUT2D eigenvalue weighted by atomic mass is 9.93. The summed E-state index contributed by atoms with van der Waals surface area (Å²) >= 11 is 1.33. The van der Waals surface area contributed by atoms with E-state index in [4.69, 9.17) is 0 Å². The fourth-order valence-electron chi connectivity index (χ4n) is 2.19. The molecule has 2 heterocycles. The van der Waals surface area contributed by atoms with E-state index in [0.717, 1.165) is 12.1 Å². The van der Waals surface area contributed by atoms with Crippen molar-refractivity contribution in [2.24, 2.45) is 5.92 Å². The van der Waals surface area contributed by atoms with Gasteiger partial charge in [0.2, 0.25) is 0 Å². The fraction of sp³-hybridized carbons (Fsp3) is 0.583. The number of nitrogens with one attached hydrogen (secondary N) is 1. The number of nitrogens with zero attached hydrogens (tertiary/aromatic N) is 2. The SMILES string of the molecule is Cc1csc(NC(=O)N2CCC(C)CC2C(=O)O)n1. The van der Waals surface area contributed by atoms with Gasteiger partial charge in [0.1, 0.15) is 6.04 Å². The number of carbonyl (C=O) groups excluding carboxylic acids is 1. The maximum Gasteiger partial charge on any atom is 0.326 e. The molecule has 1 aromatic rings. The van der Waals surface area contributed by atoms with Crippen molar-refractivity contribution in [2.45, 2.75) is 32.7 Å². The van der Waals surface area contributed by atoms with E-state index in [1.807, 2.05) is 19.2 Å². The number of anilines is 1. The molecule has 19 heavy (non-hydrogen) atoms. The van der Waals surface area contributed by atoms with Crippen LogP contribution in [-0.4, -0.2) is 39.6 Å². The van der Waals surface area contributed by atoms with Gasteiger partial charge in [-0.05, 0) is 25.7 Å². The number of aryl methyl sites for hydroxylation is 1. The molecule has 1 aliphatic heterocycles. The summed E-state index contributed by atoms with van der Waals surface area (Å²) in [5.74, 6) is -0.621. The molecule has 0 saturated carbocycles. The Morgan fingerprint density at radius 2 is 2.32 bits per heavy atom. The van der Waals surface area contributed by atoms with Gasteiger partial charge in [0.15, 0.2) is 5.13 Å². The minimum Gasteiger partial charge on any atom is -0.480 e. The number of carboxylic acid groups (broad SMARTS) is 1. The van der Waals surface area contributed by atoms with Gasteiger partial charge in [0.25, 0.3) is 0 Å². The summed E-state index contributed by atoms with van der Waals surface area (Å²) in [4.78, 5) is 28.9. The molecular formula is C12H17N3O3S. The molecule has 2 N–H and O–H groups in total. The van der Waals surface area contributed by atoms with Crippen LogP contribution in [0.4, 0.5) is 9.93 Å². The van der Waals surface area contributed by atoms with Crippen molar-refractivity contribution in [1.82, 2.24) is 9.88 Å². The first-order chi connectivity index (χ1) is 8.97. The lowest BCUT2D eigenvalue weighted by molar-refractivity contribution is -0.143. The molecule has 7 heteroatoms. The van der Waals surface area contributed by atoms with Crippen LogP contribution < -0.4 is 5.32 Å². The summed E-state index contributed by atoms with van der Waals surface area (Å²) in [6.07, 6.45) is 1.33. The predicted octanol–water partition coefficient (Wildman–Crippen LogP) is 2.17. The van der Waals surface area contributed by atoms with Gasteiger partial charge >= 0.3 is 12.0 Å². The number of piperidine rings is 1. The molecule has 2 unspecified atom stereocenters. The van der Waals surface area contributed by atoms with E-state index < -0.39 is 12.0 Å². The minimum absolute atomic E-state index is 0.326. The smallest absolute Gasteiger partial charge is 0.326 e. The van der Waals surface area contributed by atoms with Crippen molar-refractivity contribution < 1.29 is 14.7 Å². The van der Waals surface area contributed by atoms with Crippen LogP contribution in [0.15, 0.2) is 5.38 Å². The highest BCUT2D eigenvalue weighted by Gasteiger charge is 2.34. The van der Waals surface area contributed by atoms with Crippen molar-refractivity contribution in [1.29, 1.82) is 0 Å². The van der Waals surface area contributed by atoms with Crippen molar-refractivity contribution >= 4 is 28.5 Å². The first-order valence-corrected chi connectivity index (χ1v) is 7.08.